The van der Waals surface area contributed by atoms with Crippen LogP contribution in [-0.4, -0.2) is 28.3 Å². The van der Waals surface area contributed by atoms with Crippen LogP contribution in [0.1, 0.15) is 45.4 Å². The van der Waals surface area contributed by atoms with Gasteiger partial charge in [0, 0.05) is 30.1 Å². The lowest BCUT2D eigenvalue weighted by atomic mass is 9.72. The fraction of sp³-hybridized carbons (Fsp3) is 0.444. The summed E-state index contributed by atoms with van der Waals surface area (Å²) in [5, 5.41) is 2.96. The highest BCUT2D eigenvalue weighted by molar-refractivity contribution is 5.99. The van der Waals surface area contributed by atoms with Crippen molar-refractivity contribution in [1.82, 2.24) is 15.3 Å². The Bertz CT molecular complexity index is 667. The van der Waals surface area contributed by atoms with Crippen LogP contribution < -0.4 is 11.1 Å². The summed E-state index contributed by atoms with van der Waals surface area (Å²) in [5.74, 6) is -0.105. The molecule has 0 saturated heterocycles. The number of rotatable bonds is 7. The van der Waals surface area contributed by atoms with Gasteiger partial charge >= 0.3 is 0 Å². The molecule has 2 amide bonds. The maximum atomic E-state index is 12.8. The number of carbonyl (C=O) groups excluding carboxylic acids is 2. The maximum Gasteiger partial charge on any atom is 0.244 e. The number of hydrogen-bond donors (Lipinski definition) is 2. The van der Waals surface area contributed by atoms with E-state index >= 15 is 0 Å². The largest absolute Gasteiger partial charge is 0.366 e. The van der Waals surface area contributed by atoms with Crippen LogP contribution in [0, 0.1) is 5.41 Å². The van der Waals surface area contributed by atoms with Crippen LogP contribution in [0.25, 0.3) is 5.57 Å². The summed E-state index contributed by atoms with van der Waals surface area (Å²) in [6.45, 7) is 4.62. The minimum absolute atomic E-state index is 0.0773. The summed E-state index contributed by atoms with van der Waals surface area (Å²) in [6.07, 6.45) is 9.45. The molecular formula is C18H24N4O2. The molecule has 3 N–H and O–H groups in total. The van der Waals surface area contributed by atoms with E-state index < -0.39 is 11.3 Å². The third-order valence-corrected chi connectivity index (χ3v) is 4.09. The van der Waals surface area contributed by atoms with E-state index in [-0.39, 0.29) is 5.91 Å². The molecule has 0 fully saturated rings. The zero-order valence-corrected chi connectivity index (χ0v) is 14.2. The molecular weight excluding hydrogens is 304 g/mol. The van der Waals surface area contributed by atoms with Crippen molar-refractivity contribution in [2.75, 3.05) is 6.54 Å². The van der Waals surface area contributed by atoms with E-state index in [0.29, 0.717) is 36.4 Å². The van der Waals surface area contributed by atoms with Crippen LogP contribution in [-0.2, 0) is 9.59 Å². The summed E-state index contributed by atoms with van der Waals surface area (Å²) in [7, 11) is 0. The molecule has 1 aromatic rings. The van der Waals surface area contributed by atoms with Crippen LogP contribution in [0.4, 0.5) is 0 Å². The molecule has 1 heterocycles. The van der Waals surface area contributed by atoms with E-state index in [4.69, 9.17) is 5.73 Å². The molecule has 0 radical (unpaired) electrons. The molecule has 6 nitrogen and oxygen atoms in total. The van der Waals surface area contributed by atoms with Crippen molar-refractivity contribution < 1.29 is 9.59 Å². The van der Waals surface area contributed by atoms with Gasteiger partial charge in [-0.3, -0.25) is 9.59 Å². The van der Waals surface area contributed by atoms with E-state index in [0.717, 1.165) is 12.8 Å². The van der Waals surface area contributed by atoms with Crippen molar-refractivity contribution in [3.05, 3.63) is 42.0 Å². The molecule has 1 unspecified atom stereocenters. The lowest BCUT2D eigenvalue weighted by molar-refractivity contribution is -0.129. The Morgan fingerprint density at radius 1 is 1.25 bits per heavy atom. The van der Waals surface area contributed by atoms with Crippen molar-refractivity contribution in [3.63, 3.8) is 0 Å². The Labute approximate surface area is 142 Å². The van der Waals surface area contributed by atoms with Gasteiger partial charge in [0.1, 0.15) is 0 Å². The Kier molecular flexibility index (Phi) is 5.84. The van der Waals surface area contributed by atoms with Crippen molar-refractivity contribution in [2.24, 2.45) is 11.1 Å². The number of allylic oxidation sites excluding steroid dienone is 2. The van der Waals surface area contributed by atoms with Crippen molar-refractivity contribution in [2.45, 2.75) is 39.5 Å². The number of aromatic nitrogens is 2. The van der Waals surface area contributed by atoms with Gasteiger partial charge in [0.2, 0.25) is 11.8 Å². The predicted molar refractivity (Wildman–Crippen MR) is 92.5 cm³/mol. The van der Waals surface area contributed by atoms with Crippen molar-refractivity contribution >= 4 is 17.4 Å². The smallest absolute Gasteiger partial charge is 0.244 e. The van der Waals surface area contributed by atoms with E-state index in [9.17, 15) is 9.59 Å². The molecule has 0 bridgehead atoms. The number of nitrogens with one attached hydrogen (secondary N) is 1. The van der Waals surface area contributed by atoms with Crippen molar-refractivity contribution in [3.8, 4) is 0 Å². The highest BCUT2D eigenvalue weighted by atomic mass is 16.2. The van der Waals surface area contributed by atoms with Crippen molar-refractivity contribution in [1.29, 1.82) is 0 Å². The fourth-order valence-electron chi connectivity index (χ4n) is 2.99. The Balaban J connectivity index is 2.49. The third kappa shape index (κ3) is 3.88. The Morgan fingerprint density at radius 2 is 1.96 bits per heavy atom. The lowest BCUT2D eigenvalue weighted by Gasteiger charge is -2.33. The molecule has 2 rings (SSSR count). The van der Waals surface area contributed by atoms with E-state index in [1.807, 2.05) is 19.9 Å². The minimum Gasteiger partial charge on any atom is -0.366 e. The molecule has 1 aromatic heterocycles. The number of nitrogens with two attached hydrogens (primary N) is 1. The molecule has 1 aliphatic rings. The predicted octanol–water partition coefficient (Wildman–Crippen LogP) is 1.99. The molecule has 1 atom stereocenters. The average Bonchev–Trinajstić information content (AvgIpc) is 2.60. The van der Waals surface area contributed by atoms with Gasteiger partial charge in [0.05, 0.1) is 5.41 Å². The van der Waals surface area contributed by atoms with Crippen LogP contribution >= 0.6 is 0 Å². The number of hydrogen-bond acceptors (Lipinski definition) is 4. The summed E-state index contributed by atoms with van der Waals surface area (Å²) in [5.41, 5.74) is 5.82. The van der Waals surface area contributed by atoms with E-state index in [1.165, 1.54) is 0 Å². The quantitative estimate of drug-likeness (QED) is 0.799. The highest BCUT2D eigenvalue weighted by Gasteiger charge is 2.40. The molecule has 6 heteroatoms. The first-order chi connectivity index (χ1) is 11.5. The Hall–Kier alpha value is -2.50. The van der Waals surface area contributed by atoms with Crippen LogP contribution in [0.2, 0.25) is 0 Å². The van der Waals surface area contributed by atoms with E-state index in [1.54, 1.807) is 24.5 Å². The molecule has 0 saturated carbocycles. The van der Waals surface area contributed by atoms with Gasteiger partial charge in [0.15, 0.2) is 5.82 Å². The number of nitrogens with zero attached hydrogens (tertiary/aromatic N) is 2. The van der Waals surface area contributed by atoms with E-state index in [2.05, 4.69) is 15.3 Å². The van der Waals surface area contributed by atoms with Crippen LogP contribution in [0.5, 0.6) is 0 Å². The SMILES string of the molecule is CCCNC(=O)C1(CCC)C=C(c2ncccn2)C=C(C(N)=O)C1. The number of amides is 2. The van der Waals surface area contributed by atoms with Crippen LogP contribution in [0.15, 0.2) is 36.2 Å². The second-order valence-electron chi connectivity index (χ2n) is 6.04. The molecule has 24 heavy (non-hydrogen) atoms. The second kappa shape index (κ2) is 7.86. The average molecular weight is 328 g/mol. The topological polar surface area (TPSA) is 98.0 Å². The fourth-order valence-corrected chi connectivity index (χ4v) is 2.99. The molecule has 1 aliphatic carbocycles. The zero-order chi connectivity index (χ0) is 17.6. The normalized spacial score (nSPS) is 20.1. The van der Waals surface area contributed by atoms with Gasteiger partial charge in [-0.2, -0.15) is 0 Å². The summed E-state index contributed by atoms with van der Waals surface area (Å²) in [4.78, 5) is 33.1. The first kappa shape index (κ1) is 17.8. The van der Waals surface area contributed by atoms with Crippen LogP contribution in [0.3, 0.4) is 0 Å². The monoisotopic (exact) mass is 328 g/mol. The van der Waals surface area contributed by atoms with Gasteiger partial charge in [-0.1, -0.05) is 26.3 Å². The summed E-state index contributed by atoms with van der Waals surface area (Å²) >= 11 is 0. The number of primary amides is 1. The molecule has 0 spiro atoms. The Morgan fingerprint density at radius 3 is 2.54 bits per heavy atom. The van der Waals surface area contributed by atoms with Gasteiger partial charge in [-0.05, 0) is 31.4 Å². The van der Waals surface area contributed by atoms with Gasteiger partial charge in [0.25, 0.3) is 0 Å². The first-order valence-electron chi connectivity index (χ1n) is 8.31. The van der Waals surface area contributed by atoms with Gasteiger partial charge in [-0.15, -0.1) is 0 Å². The number of carbonyl (C=O) groups is 2. The summed E-state index contributed by atoms with van der Waals surface area (Å²) < 4.78 is 0. The second-order valence-corrected chi connectivity index (χ2v) is 6.04. The first-order valence-corrected chi connectivity index (χ1v) is 8.31. The third-order valence-electron chi connectivity index (χ3n) is 4.09. The summed E-state index contributed by atoms with van der Waals surface area (Å²) in [6, 6.07) is 1.72. The van der Waals surface area contributed by atoms with Gasteiger partial charge in [-0.25, -0.2) is 9.97 Å². The maximum absolute atomic E-state index is 12.8. The lowest BCUT2D eigenvalue weighted by Crippen LogP contribution is -2.42. The minimum atomic E-state index is -0.794. The molecule has 128 valence electrons. The zero-order valence-electron chi connectivity index (χ0n) is 14.2. The van der Waals surface area contributed by atoms with Gasteiger partial charge < -0.3 is 11.1 Å². The standard InChI is InChI=1S/C18H24N4O2/c1-3-6-18(17(24)22-7-4-2)11-13(15(19)23)10-14(12-18)16-20-8-5-9-21-16/h5,8-10,12H,3-4,6-7,11H2,1-2H3,(H2,19,23)(H,22,24). The molecule has 0 aromatic carbocycles. The molecule has 0 aliphatic heterocycles. The highest BCUT2D eigenvalue weighted by Crippen LogP contribution is 2.40.